The monoisotopic (exact) mass is 574 g/mol. The van der Waals surface area contributed by atoms with Crippen LogP contribution in [-0.2, 0) is 10.0 Å². The summed E-state index contributed by atoms with van der Waals surface area (Å²) in [6.07, 6.45) is 1.33. The Morgan fingerprint density at radius 1 is 1.02 bits per heavy atom. The van der Waals surface area contributed by atoms with E-state index in [2.05, 4.69) is 15.3 Å². The molecule has 0 aliphatic heterocycles. The first-order chi connectivity index (χ1) is 19.0. The lowest BCUT2D eigenvalue weighted by atomic mass is 10.1. The number of primary sulfonamides is 1. The molecule has 3 aromatic carbocycles. The van der Waals surface area contributed by atoms with E-state index in [1.807, 2.05) is 6.07 Å². The molecule has 0 saturated carbocycles. The summed E-state index contributed by atoms with van der Waals surface area (Å²) in [5, 5.41) is 9.40. The molecule has 12 heteroatoms. The summed E-state index contributed by atoms with van der Waals surface area (Å²) in [5.74, 6) is -0.762. The highest BCUT2D eigenvalue weighted by molar-refractivity contribution is 7.89. The van der Waals surface area contributed by atoms with Crippen LogP contribution in [0.15, 0.2) is 94.7 Å². The van der Waals surface area contributed by atoms with Crippen molar-refractivity contribution in [2.24, 2.45) is 5.14 Å². The average Bonchev–Trinajstić information content (AvgIpc) is 2.93. The van der Waals surface area contributed by atoms with E-state index in [9.17, 15) is 18.0 Å². The molecule has 1 unspecified atom stereocenters. The SMILES string of the molecule is CC(NC(=O)c1nc(-c2cccc(S(N)(=O)=O)c2)cnc1N)c1cc2cccc(Cl)c2c(=O)n1-c1ccccc1. The number of anilines is 1. The third-order valence-corrected chi connectivity index (χ3v) is 7.53. The van der Waals surface area contributed by atoms with Crippen LogP contribution in [0.3, 0.4) is 0 Å². The first-order valence-electron chi connectivity index (χ1n) is 12.0. The highest BCUT2D eigenvalue weighted by Crippen LogP contribution is 2.26. The second-order valence-corrected chi connectivity index (χ2v) is 11.0. The molecule has 5 aromatic rings. The Hall–Kier alpha value is -4.58. The minimum Gasteiger partial charge on any atom is -0.382 e. The number of carbonyl (C=O) groups is 1. The molecule has 5 N–H and O–H groups in total. The summed E-state index contributed by atoms with van der Waals surface area (Å²) >= 11 is 6.38. The van der Waals surface area contributed by atoms with Gasteiger partial charge in [0, 0.05) is 16.9 Å². The molecule has 0 aliphatic carbocycles. The number of halogens is 1. The van der Waals surface area contributed by atoms with Gasteiger partial charge in [-0.15, -0.1) is 0 Å². The average molecular weight is 575 g/mol. The number of sulfonamides is 1. The first kappa shape index (κ1) is 27.0. The fourth-order valence-corrected chi connectivity index (χ4v) is 5.20. The number of fused-ring (bicyclic) bond motifs is 1. The van der Waals surface area contributed by atoms with Crippen LogP contribution in [0.5, 0.6) is 0 Å². The zero-order valence-corrected chi connectivity index (χ0v) is 22.6. The third-order valence-electron chi connectivity index (χ3n) is 6.30. The number of hydrogen-bond acceptors (Lipinski definition) is 7. The van der Waals surface area contributed by atoms with E-state index in [1.165, 1.54) is 29.0 Å². The lowest BCUT2D eigenvalue weighted by molar-refractivity contribution is 0.0934. The maximum absolute atomic E-state index is 13.7. The number of amides is 1. The van der Waals surface area contributed by atoms with Crippen molar-refractivity contribution in [3.05, 3.63) is 112 Å². The van der Waals surface area contributed by atoms with Gasteiger partial charge in [0.1, 0.15) is 0 Å². The molecule has 1 atom stereocenters. The van der Waals surface area contributed by atoms with Crippen LogP contribution in [0.25, 0.3) is 27.7 Å². The fourth-order valence-electron chi connectivity index (χ4n) is 4.38. The molecule has 2 aromatic heterocycles. The summed E-state index contributed by atoms with van der Waals surface area (Å²) < 4.78 is 25.1. The standard InChI is InChI=1S/C28H23ClN6O4S/c1-16(23-14-18-8-6-12-21(29)24(18)28(37)35(23)19-9-3-2-4-10-19)33-27(36)25-26(30)32-15-22(34-25)17-7-5-11-20(13-17)40(31,38)39/h2-16H,1H3,(H2,30,32)(H,33,36)(H2,31,38,39). The quantitative estimate of drug-likeness (QED) is 0.277. The van der Waals surface area contributed by atoms with Crippen LogP contribution >= 0.6 is 11.6 Å². The van der Waals surface area contributed by atoms with E-state index in [1.54, 1.807) is 61.5 Å². The molecule has 1 amide bonds. The van der Waals surface area contributed by atoms with E-state index in [4.69, 9.17) is 22.5 Å². The van der Waals surface area contributed by atoms with Gasteiger partial charge in [0.25, 0.3) is 11.5 Å². The highest BCUT2D eigenvalue weighted by atomic mass is 35.5. The van der Waals surface area contributed by atoms with E-state index < -0.39 is 22.0 Å². The van der Waals surface area contributed by atoms with Crippen LogP contribution in [0.1, 0.15) is 29.1 Å². The number of rotatable bonds is 6. The van der Waals surface area contributed by atoms with Gasteiger partial charge in [-0.1, -0.05) is 54.1 Å². The van der Waals surface area contributed by atoms with Gasteiger partial charge in [0.2, 0.25) is 10.0 Å². The number of nitrogens with two attached hydrogens (primary N) is 2. The number of nitrogen functional groups attached to an aromatic ring is 1. The molecule has 0 spiro atoms. The van der Waals surface area contributed by atoms with Crippen molar-refractivity contribution in [3.63, 3.8) is 0 Å². The summed E-state index contributed by atoms with van der Waals surface area (Å²) in [7, 11) is -3.95. The van der Waals surface area contributed by atoms with Crippen molar-refractivity contribution >= 4 is 44.1 Å². The van der Waals surface area contributed by atoms with Gasteiger partial charge in [-0.05, 0) is 48.7 Å². The number of benzene rings is 3. The molecule has 5 rings (SSSR count). The zero-order valence-electron chi connectivity index (χ0n) is 21.1. The second-order valence-electron chi connectivity index (χ2n) is 9.01. The molecule has 0 aliphatic rings. The van der Waals surface area contributed by atoms with Gasteiger partial charge in [-0.2, -0.15) is 0 Å². The molecule has 2 heterocycles. The molecule has 202 valence electrons. The second kappa shape index (κ2) is 10.5. The summed E-state index contributed by atoms with van der Waals surface area (Å²) in [4.78, 5) is 35.4. The molecule has 0 bridgehead atoms. The summed E-state index contributed by atoms with van der Waals surface area (Å²) in [6, 6.07) is 21.1. The Labute approximate surface area is 234 Å². The van der Waals surface area contributed by atoms with Crippen LogP contribution in [0.2, 0.25) is 5.02 Å². The van der Waals surface area contributed by atoms with Crippen molar-refractivity contribution in [1.82, 2.24) is 19.9 Å². The van der Waals surface area contributed by atoms with Crippen LogP contribution in [-0.4, -0.2) is 28.9 Å². The predicted molar refractivity (Wildman–Crippen MR) is 154 cm³/mol. The number of pyridine rings is 1. The van der Waals surface area contributed by atoms with Crippen molar-refractivity contribution in [3.8, 4) is 16.9 Å². The summed E-state index contributed by atoms with van der Waals surface area (Å²) in [6.45, 7) is 1.73. The number of nitrogens with zero attached hydrogens (tertiary/aromatic N) is 3. The van der Waals surface area contributed by atoms with Crippen LogP contribution < -0.4 is 21.7 Å². The minimum atomic E-state index is -3.95. The number of hydrogen-bond donors (Lipinski definition) is 3. The molecule has 40 heavy (non-hydrogen) atoms. The Bertz CT molecular complexity index is 1940. The molecular weight excluding hydrogens is 552 g/mol. The smallest absolute Gasteiger partial charge is 0.274 e. The molecular formula is C28H23ClN6O4S. The fraction of sp³-hybridized carbons (Fsp3) is 0.0714. The van der Waals surface area contributed by atoms with E-state index >= 15 is 0 Å². The largest absolute Gasteiger partial charge is 0.382 e. The number of aromatic nitrogens is 3. The third kappa shape index (κ3) is 5.17. The normalized spacial score (nSPS) is 12.3. The van der Waals surface area contributed by atoms with E-state index in [0.717, 1.165) is 0 Å². The van der Waals surface area contributed by atoms with Gasteiger partial charge in [-0.3, -0.25) is 14.2 Å². The predicted octanol–water partition coefficient (Wildman–Crippen LogP) is 3.82. The molecule has 0 radical (unpaired) electrons. The van der Waals surface area contributed by atoms with E-state index in [0.29, 0.717) is 32.7 Å². The van der Waals surface area contributed by atoms with Crippen molar-refractivity contribution in [1.29, 1.82) is 0 Å². The van der Waals surface area contributed by atoms with Crippen molar-refractivity contribution in [2.45, 2.75) is 17.9 Å². The van der Waals surface area contributed by atoms with Crippen LogP contribution in [0, 0.1) is 0 Å². The molecule has 10 nitrogen and oxygen atoms in total. The highest BCUT2D eigenvalue weighted by Gasteiger charge is 2.22. The zero-order chi connectivity index (χ0) is 28.6. The van der Waals surface area contributed by atoms with Gasteiger partial charge in [-0.25, -0.2) is 23.5 Å². The van der Waals surface area contributed by atoms with Gasteiger partial charge in [0.05, 0.1) is 33.2 Å². The Balaban J connectivity index is 1.55. The molecule has 0 fully saturated rings. The Morgan fingerprint density at radius 3 is 2.48 bits per heavy atom. The number of nitrogens with one attached hydrogen (secondary N) is 1. The first-order valence-corrected chi connectivity index (χ1v) is 13.9. The van der Waals surface area contributed by atoms with Crippen molar-refractivity contribution < 1.29 is 13.2 Å². The van der Waals surface area contributed by atoms with Crippen LogP contribution in [0.4, 0.5) is 5.82 Å². The van der Waals surface area contributed by atoms with E-state index in [-0.39, 0.29) is 27.7 Å². The maximum atomic E-state index is 13.7. The molecule has 0 saturated heterocycles. The number of carbonyl (C=O) groups excluding carboxylic acids is 1. The lowest BCUT2D eigenvalue weighted by Crippen LogP contribution is -2.33. The van der Waals surface area contributed by atoms with Gasteiger partial charge >= 0.3 is 0 Å². The Morgan fingerprint density at radius 2 is 1.75 bits per heavy atom. The summed E-state index contributed by atoms with van der Waals surface area (Å²) in [5.41, 5.74) is 7.20. The van der Waals surface area contributed by atoms with Gasteiger partial charge < -0.3 is 11.1 Å². The maximum Gasteiger partial charge on any atom is 0.274 e. The minimum absolute atomic E-state index is 0.112. The number of para-hydroxylation sites is 1. The topological polar surface area (TPSA) is 163 Å². The Kier molecular flexibility index (Phi) is 7.11. The van der Waals surface area contributed by atoms with Gasteiger partial charge in [0.15, 0.2) is 11.5 Å². The van der Waals surface area contributed by atoms with Crippen molar-refractivity contribution in [2.75, 3.05) is 5.73 Å². The lowest BCUT2D eigenvalue weighted by Gasteiger charge is -2.21.